The van der Waals surface area contributed by atoms with Crippen molar-refractivity contribution in [1.82, 2.24) is 10.2 Å². The maximum atomic E-state index is 12.4. The largest absolute Gasteiger partial charge is 0.381 e. The second-order valence-electron chi connectivity index (χ2n) is 7.59. The highest BCUT2D eigenvalue weighted by Gasteiger charge is 2.42. The minimum absolute atomic E-state index is 0.316. The van der Waals surface area contributed by atoms with Crippen LogP contribution in [-0.2, 0) is 14.6 Å². The zero-order valence-corrected chi connectivity index (χ0v) is 16.4. The van der Waals surface area contributed by atoms with Gasteiger partial charge < -0.3 is 15.0 Å². The van der Waals surface area contributed by atoms with Gasteiger partial charge in [-0.05, 0) is 38.0 Å². The van der Waals surface area contributed by atoms with E-state index in [-0.39, 0.29) is 0 Å². The molecule has 0 aromatic rings. The first-order valence-electron chi connectivity index (χ1n) is 9.08. The summed E-state index contributed by atoms with van der Waals surface area (Å²) in [6.07, 6.45) is 3.63. The molecule has 0 saturated carbocycles. The van der Waals surface area contributed by atoms with Crippen LogP contribution < -0.4 is 5.32 Å². The summed E-state index contributed by atoms with van der Waals surface area (Å²) in [6, 6.07) is 0. The lowest BCUT2D eigenvalue weighted by Gasteiger charge is -2.38. The Balaban J connectivity index is 2.19. The highest BCUT2D eigenvalue weighted by Crippen LogP contribution is 2.30. The number of guanidine groups is 1. The number of sulfone groups is 1. The maximum absolute atomic E-state index is 12.4. The average Bonchev–Trinajstić information content (AvgIpc) is 2.50. The topological polar surface area (TPSA) is 71.0 Å². The number of piperidine rings is 1. The van der Waals surface area contributed by atoms with Gasteiger partial charge in [0.05, 0.1) is 11.3 Å². The Kier molecular flexibility index (Phi) is 6.53. The standard InChI is InChI=1S/C17H33N3O3S/c1-5-18-16(20-11-14(2)10-15(3)12-20)19-13-17(24(4,21)22)6-8-23-9-7-17/h14-15H,5-13H2,1-4H3,(H,18,19). The van der Waals surface area contributed by atoms with Crippen molar-refractivity contribution in [2.45, 2.75) is 44.8 Å². The normalized spacial score (nSPS) is 28.7. The number of hydrogen-bond donors (Lipinski definition) is 1. The highest BCUT2D eigenvalue weighted by atomic mass is 32.2. The van der Waals surface area contributed by atoms with Crippen LogP contribution in [-0.4, -0.2) is 69.7 Å². The third kappa shape index (κ3) is 4.63. The molecule has 2 aliphatic heterocycles. The van der Waals surface area contributed by atoms with Crippen molar-refractivity contribution in [3.8, 4) is 0 Å². The summed E-state index contributed by atoms with van der Waals surface area (Å²) in [7, 11) is -3.18. The number of likely N-dealkylation sites (tertiary alicyclic amines) is 1. The van der Waals surface area contributed by atoms with E-state index < -0.39 is 14.6 Å². The molecule has 2 heterocycles. The van der Waals surface area contributed by atoms with E-state index in [1.165, 1.54) is 12.7 Å². The molecule has 2 atom stereocenters. The van der Waals surface area contributed by atoms with E-state index in [1.807, 2.05) is 6.92 Å². The number of aliphatic imine (C=N–C) groups is 1. The molecule has 2 saturated heterocycles. The molecule has 0 bridgehead atoms. The fourth-order valence-electron chi connectivity index (χ4n) is 3.87. The number of nitrogens with zero attached hydrogens (tertiary/aromatic N) is 2. The molecule has 0 amide bonds. The highest BCUT2D eigenvalue weighted by molar-refractivity contribution is 7.92. The Morgan fingerprint density at radius 3 is 2.33 bits per heavy atom. The molecule has 0 aromatic carbocycles. The minimum Gasteiger partial charge on any atom is -0.381 e. The molecule has 7 heteroatoms. The summed E-state index contributed by atoms with van der Waals surface area (Å²) < 4.78 is 29.4. The van der Waals surface area contributed by atoms with Crippen molar-refractivity contribution < 1.29 is 13.2 Å². The molecule has 2 rings (SSSR count). The van der Waals surface area contributed by atoms with Gasteiger partial charge in [-0.2, -0.15) is 0 Å². The summed E-state index contributed by atoms with van der Waals surface area (Å²) in [5.74, 6) is 2.11. The molecular weight excluding hydrogens is 326 g/mol. The Morgan fingerprint density at radius 1 is 1.25 bits per heavy atom. The molecule has 6 nitrogen and oxygen atoms in total. The van der Waals surface area contributed by atoms with Crippen LogP contribution >= 0.6 is 0 Å². The maximum Gasteiger partial charge on any atom is 0.193 e. The van der Waals surface area contributed by atoms with Crippen LogP contribution in [0.15, 0.2) is 4.99 Å². The van der Waals surface area contributed by atoms with Crippen LogP contribution in [0, 0.1) is 11.8 Å². The first-order chi connectivity index (χ1) is 11.3. The van der Waals surface area contributed by atoms with Gasteiger partial charge in [0, 0.05) is 39.1 Å². The smallest absolute Gasteiger partial charge is 0.193 e. The SMILES string of the molecule is CCNC(=NCC1(S(C)(=O)=O)CCOCC1)N1CC(C)CC(C)C1. The first kappa shape index (κ1) is 19.5. The van der Waals surface area contributed by atoms with Crippen LogP contribution in [0.2, 0.25) is 0 Å². The van der Waals surface area contributed by atoms with E-state index >= 15 is 0 Å². The van der Waals surface area contributed by atoms with E-state index in [0.717, 1.165) is 25.6 Å². The fraction of sp³-hybridized carbons (Fsp3) is 0.941. The average molecular weight is 360 g/mol. The zero-order chi connectivity index (χ0) is 17.8. The van der Waals surface area contributed by atoms with Crippen molar-refractivity contribution in [2.75, 3.05) is 45.6 Å². The van der Waals surface area contributed by atoms with Crippen molar-refractivity contribution in [1.29, 1.82) is 0 Å². The zero-order valence-electron chi connectivity index (χ0n) is 15.5. The second-order valence-corrected chi connectivity index (χ2v) is 10.00. The molecule has 1 N–H and O–H groups in total. The molecule has 0 aromatic heterocycles. The van der Waals surface area contributed by atoms with E-state index in [2.05, 4.69) is 24.1 Å². The van der Waals surface area contributed by atoms with Gasteiger partial charge in [-0.15, -0.1) is 0 Å². The number of rotatable bonds is 4. The van der Waals surface area contributed by atoms with Gasteiger partial charge >= 0.3 is 0 Å². The Hall–Kier alpha value is -0.820. The lowest BCUT2D eigenvalue weighted by molar-refractivity contribution is 0.0767. The number of hydrogen-bond acceptors (Lipinski definition) is 4. The molecule has 0 spiro atoms. The molecule has 2 aliphatic rings. The van der Waals surface area contributed by atoms with Crippen molar-refractivity contribution in [3.05, 3.63) is 0 Å². The van der Waals surface area contributed by atoms with Gasteiger partial charge in [0.1, 0.15) is 0 Å². The van der Waals surface area contributed by atoms with E-state index in [4.69, 9.17) is 9.73 Å². The van der Waals surface area contributed by atoms with Gasteiger partial charge in [0.2, 0.25) is 0 Å². The summed E-state index contributed by atoms with van der Waals surface area (Å²) in [4.78, 5) is 7.05. The quantitative estimate of drug-likeness (QED) is 0.609. The summed E-state index contributed by atoms with van der Waals surface area (Å²) in [5.41, 5.74) is 0. The van der Waals surface area contributed by atoms with E-state index in [0.29, 0.717) is 44.4 Å². The predicted octanol–water partition coefficient (Wildman–Crippen LogP) is 1.52. The minimum atomic E-state index is -3.18. The number of ether oxygens (including phenoxy) is 1. The summed E-state index contributed by atoms with van der Waals surface area (Å²) in [6.45, 7) is 10.6. The molecule has 2 unspecified atom stereocenters. The third-order valence-electron chi connectivity index (χ3n) is 5.21. The third-order valence-corrected chi connectivity index (χ3v) is 7.32. The van der Waals surface area contributed by atoms with Crippen molar-refractivity contribution in [2.24, 2.45) is 16.8 Å². The molecule has 24 heavy (non-hydrogen) atoms. The van der Waals surface area contributed by atoms with Crippen LogP contribution in [0.4, 0.5) is 0 Å². The Morgan fingerprint density at radius 2 is 1.83 bits per heavy atom. The fourth-order valence-corrected chi connectivity index (χ4v) is 5.08. The van der Waals surface area contributed by atoms with Crippen LogP contribution in [0.1, 0.15) is 40.0 Å². The van der Waals surface area contributed by atoms with Crippen LogP contribution in [0.5, 0.6) is 0 Å². The monoisotopic (exact) mass is 359 g/mol. The van der Waals surface area contributed by atoms with Crippen LogP contribution in [0.3, 0.4) is 0 Å². The summed E-state index contributed by atoms with van der Waals surface area (Å²) in [5, 5.41) is 3.35. The van der Waals surface area contributed by atoms with Crippen molar-refractivity contribution in [3.63, 3.8) is 0 Å². The van der Waals surface area contributed by atoms with Gasteiger partial charge in [-0.3, -0.25) is 4.99 Å². The summed E-state index contributed by atoms with van der Waals surface area (Å²) >= 11 is 0. The lowest BCUT2D eigenvalue weighted by Crippen LogP contribution is -2.50. The van der Waals surface area contributed by atoms with Gasteiger partial charge in [0.25, 0.3) is 0 Å². The number of nitrogens with one attached hydrogen (secondary N) is 1. The molecule has 0 aliphatic carbocycles. The van der Waals surface area contributed by atoms with E-state index in [1.54, 1.807) is 0 Å². The van der Waals surface area contributed by atoms with Crippen LogP contribution in [0.25, 0.3) is 0 Å². The van der Waals surface area contributed by atoms with Crippen molar-refractivity contribution >= 4 is 15.8 Å². The predicted molar refractivity (Wildman–Crippen MR) is 98.1 cm³/mol. The molecule has 0 radical (unpaired) electrons. The molecule has 2 fully saturated rings. The Labute approximate surface area is 147 Å². The van der Waals surface area contributed by atoms with E-state index in [9.17, 15) is 8.42 Å². The van der Waals surface area contributed by atoms with Gasteiger partial charge in [-0.1, -0.05) is 13.8 Å². The second kappa shape index (κ2) is 8.04. The molecular formula is C17H33N3O3S. The van der Waals surface area contributed by atoms with Gasteiger partial charge in [0.15, 0.2) is 15.8 Å². The Bertz CT molecular complexity index is 531. The first-order valence-corrected chi connectivity index (χ1v) is 11.0. The van der Waals surface area contributed by atoms with Gasteiger partial charge in [-0.25, -0.2) is 8.42 Å². The lowest BCUT2D eigenvalue weighted by atomic mass is 9.92. The molecule has 140 valence electrons.